The van der Waals surface area contributed by atoms with Gasteiger partial charge in [0.05, 0.1) is 0 Å². The molecule has 84 valence electrons. The molecule has 0 saturated carbocycles. The lowest BCUT2D eigenvalue weighted by atomic mass is 10.1. The highest BCUT2D eigenvalue weighted by atomic mass is 32.2. The average molecular weight is 228 g/mol. The molecule has 0 fully saturated rings. The summed E-state index contributed by atoms with van der Waals surface area (Å²) in [5, 5.41) is 0. The number of nitrogens with two attached hydrogens (primary N) is 1. The fraction of sp³-hybridized carbons (Fsp3) is 0.455. The Morgan fingerprint density at radius 2 is 2.07 bits per heavy atom. The number of hydrazine groups is 1. The van der Waals surface area contributed by atoms with Gasteiger partial charge in [-0.05, 0) is 18.1 Å². The van der Waals surface area contributed by atoms with E-state index >= 15 is 0 Å². The summed E-state index contributed by atoms with van der Waals surface area (Å²) in [6.07, 6.45) is 0. The summed E-state index contributed by atoms with van der Waals surface area (Å²) < 4.78 is 13.3. The van der Waals surface area contributed by atoms with Crippen molar-refractivity contribution >= 4 is 11.8 Å². The molecule has 0 aliphatic carbocycles. The van der Waals surface area contributed by atoms with E-state index in [9.17, 15) is 4.39 Å². The van der Waals surface area contributed by atoms with Crippen LogP contribution in [0.25, 0.3) is 0 Å². The molecule has 15 heavy (non-hydrogen) atoms. The van der Waals surface area contributed by atoms with Gasteiger partial charge in [-0.25, -0.2) is 4.39 Å². The minimum Gasteiger partial charge on any atom is -0.271 e. The third kappa shape index (κ3) is 3.81. The SMILES string of the molecule is CC(C)C(CSc1ccccc1F)NN. The summed E-state index contributed by atoms with van der Waals surface area (Å²) in [7, 11) is 0. The molecule has 0 aromatic heterocycles. The quantitative estimate of drug-likeness (QED) is 0.462. The predicted molar refractivity (Wildman–Crippen MR) is 63.1 cm³/mol. The van der Waals surface area contributed by atoms with Crippen LogP contribution in [0.2, 0.25) is 0 Å². The van der Waals surface area contributed by atoms with Crippen molar-refractivity contribution in [1.29, 1.82) is 0 Å². The van der Waals surface area contributed by atoms with Crippen LogP contribution in [-0.4, -0.2) is 11.8 Å². The molecule has 0 radical (unpaired) electrons. The molecular weight excluding hydrogens is 211 g/mol. The van der Waals surface area contributed by atoms with Gasteiger partial charge in [-0.15, -0.1) is 11.8 Å². The molecule has 1 atom stereocenters. The third-order valence-electron chi connectivity index (χ3n) is 2.27. The van der Waals surface area contributed by atoms with E-state index in [0.29, 0.717) is 10.8 Å². The Morgan fingerprint density at radius 1 is 1.40 bits per heavy atom. The van der Waals surface area contributed by atoms with Gasteiger partial charge in [-0.1, -0.05) is 26.0 Å². The van der Waals surface area contributed by atoms with Crippen LogP contribution < -0.4 is 11.3 Å². The topological polar surface area (TPSA) is 38.0 Å². The van der Waals surface area contributed by atoms with E-state index in [4.69, 9.17) is 5.84 Å². The van der Waals surface area contributed by atoms with Gasteiger partial charge < -0.3 is 0 Å². The number of rotatable bonds is 5. The van der Waals surface area contributed by atoms with E-state index in [2.05, 4.69) is 19.3 Å². The highest BCUT2D eigenvalue weighted by Gasteiger charge is 2.12. The Kier molecular flexibility index (Phi) is 5.08. The second-order valence-electron chi connectivity index (χ2n) is 3.76. The zero-order valence-corrected chi connectivity index (χ0v) is 9.85. The van der Waals surface area contributed by atoms with Gasteiger partial charge in [0.15, 0.2) is 0 Å². The normalized spacial score (nSPS) is 13.1. The van der Waals surface area contributed by atoms with Gasteiger partial charge in [-0.2, -0.15) is 0 Å². The van der Waals surface area contributed by atoms with Gasteiger partial charge in [0, 0.05) is 16.7 Å². The Balaban J connectivity index is 2.53. The molecule has 0 spiro atoms. The molecule has 0 saturated heterocycles. The fourth-order valence-corrected chi connectivity index (χ4v) is 2.40. The second kappa shape index (κ2) is 6.10. The summed E-state index contributed by atoms with van der Waals surface area (Å²) in [4.78, 5) is 0.679. The molecule has 3 N–H and O–H groups in total. The van der Waals surface area contributed by atoms with E-state index in [1.807, 2.05) is 6.07 Å². The maximum absolute atomic E-state index is 13.3. The van der Waals surface area contributed by atoms with Crippen molar-refractivity contribution in [2.45, 2.75) is 24.8 Å². The standard InChI is InChI=1S/C11H17FN2S/c1-8(2)10(14-13)7-15-11-6-4-3-5-9(11)12/h3-6,8,10,14H,7,13H2,1-2H3. The monoisotopic (exact) mass is 228 g/mol. The number of halogens is 1. The van der Waals surface area contributed by atoms with E-state index in [1.165, 1.54) is 17.8 Å². The second-order valence-corrected chi connectivity index (χ2v) is 4.82. The molecule has 1 aromatic rings. The molecule has 0 amide bonds. The van der Waals surface area contributed by atoms with E-state index in [1.54, 1.807) is 12.1 Å². The predicted octanol–water partition coefficient (Wildman–Crippen LogP) is 2.41. The van der Waals surface area contributed by atoms with Crippen molar-refractivity contribution in [3.8, 4) is 0 Å². The molecule has 4 heteroatoms. The lowest BCUT2D eigenvalue weighted by Crippen LogP contribution is -2.40. The Hall–Kier alpha value is -0.580. The Bertz CT molecular complexity index is 304. The van der Waals surface area contributed by atoms with Gasteiger partial charge in [-0.3, -0.25) is 11.3 Å². The molecule has 1 unspecified atom stereocenters. The molecule has 0 aliphatic rings. The van der Waals surface area contributed by atoms with Crippen LogP contribution in [-0.2, 0) is 0 Å². The summed E-state index contributed by atoms with van der Waals surface area (Å²) in [5.41, 5.74) is 2.75. The highest BCUT2D eigenvalue weighted by molar-refractivity contribution is 7.99. The van der Waals surface area contributed by atoms with Gasteiger partial charge >= 0.3 is 0 Å². The Labute approximate surface area is 94.4 Å². The molecule has 0 heterocycles. The lowest BCUT2D eigenvalue weighted by molar-refractivity contribution is 0.443. The van der Waals surface area contributed by atoms with Crippen molar-refractivity contribution in [3.05, 3.63) is 30.1 Å². The number of benzene rings is 1. The van der Waals surface area contributed by atoms with E-state index < -0.39 is 0 Å². The first-order valence-corrected chi connectivity index (χ1v) is 5.97. The minimum atomic E-state index is -0.165. The molecular formula is C11H17FN2S. The van der Waals surface area contributed by atoms with E-state index in [-0.39, 0.29) is 11.9 Å². The Morgan fingerprint density at radius 3 is 2.60 bits per heavy atom. The first-order chi connectivity index (χ1) is 7.15. The van der Waals surface area contributed by atoms with Crippen LogP contribution >= 0.6 is 11.8 Å². The molecule has 0 aliphatic heterocycles. The number of hydrogen-bond acceptors (Lipinski definition) is 3. The fourth-order valence-electron chi connectivity index (χ4n) is 1.17. The molecule has 0 bridgehead atoms. The maximum Gasteiger partial charge on any atom is 0.136 e. The minimum absolute atomic E-state index is 0.165. The zero-order valence-electron chi connectivity index (χ0n) is 9.03. The summed E-state index contributed by atoms with van der Waals surface area (Å²) in [6.45, 7) is 4.18. The van der Waals surface area contributed by atoms with Gasteiger partial charge in [0.25, 0.3) is 0 Å². The van der Waals surface area contributed by atoms with Gasteiger partial charge in [0.1, 0.15) is 5.82 Å². The maximum atomic E-state index is 13.3. The first kappa shape index (κ1) is 12.5. The van der Waals surface area contributed by atoms with Crippen LogP contribution in [0.3, 0.4) is 0 Å². The van der Waals surface area contributed by atoms with Crippen LogP contribution in [0.15, 0.2) is 29.2 Å². The first-order valence-electron chi connectivity index (χ1n) is 4.98. The average Bonchev–Trinajstić information content (AvgIpc) is 2.21. The lowest BCUT2D eigenvalue weighted by Gasteiger charge is -2.19. The number of thioether (sulfide) groups is 1. The van der Waals surface area contributed by atoms with Crippen LogP contribution in [0.5, 0.6) is 0 Å². The zero-order chi connectivity index (χ0) is 11.3. The molecule has 1 rings (SSSR count). The number of hydrogen-bond donors (Lipinski definition) is 2. The molecule has 1 aromatic carbocycles. The van der Waals surface area contributed by atoms with Crippen LogP contribution in [0.1, 0.15) is 13.8 Å². The van der Waals surface area contributed by atoms with Crippen LogP contribution in [0, 0.1) is 11.7 Å². The van der Waals surface area contributed by atoms with Crippen molar-refractivity contribution in [2.75, 3.05) is 5.75 Å². The van der Waals surface area contributed by atoms with Gasteiger partial charge in [0.2, 0.25) is 0 Å². The van der Waals surface area contributed by atoms with Crippen LogP contribution in [0.4, 0.5) is 4.39 Å². The van der Waals surface area contributed by atoms with Crippen molar-refractivity contribution in [1.82, 2.24) is 5.43 Å². The summed E-state index contributed by atoms with van der Waals surface area (Å²) in [5.74, 6) is 6.47. The van der Waals surface area contributed by atoms with Crippen molar-refractivity contribution in [2.24, 2.45) is 11.8 Å². The highest BCUT2D eigenvalue weighted by Crippen LogP contribution is 2.23. The third-order valence-corrected chi connectivity index (χ3v) is 3.44. The van der Waals surface area contributed by atoms with E-state index in [0.717, 1.165) is 5.75 Å². The van der Waals surface area contributed by atoms with Crippen molar-refractivity contribution < 1.29 is 4.39 Å². The summed E-state index contributed by atoms with van der Waals surface area (Å²) >= 11 is 1.49. The summed E-state index contributed by atoms with van der Waals surface area (Å²) in [6, 6.07) is 7.00. The number of nitrogens with one attached hydrogen (secondary N) is 1. The molecule has 2 nitrogen and oxygen atoms in total. The smallest absolute Gasteiger partial charge is 0.136 e. The largest absolute Gasteiger partial charge is 0.271 e. The van der Waals surface area contributed by atoms with Crippen molar-refractivity contribution in [3.63, 3.8) is 0 Å².